The van der Waals surface area contributed by atoms with Crippen LogP contribution in [0, 0.1) is 5.92 Å². The Labute approximate surface area is 168 Å². The molecule has 2 atom stereocenters. The highest BCUT2D eigenvalue weighted by Gasteiger charge is 2.35. The summed E-state index contributed by atoms with van der Waals surface area (Å²) in [5, 5.41) is 0. The van der Waals surface area contributed by atoms with E-state index in [-0.39, 0.29) is 0 Å². The highest BCUT2D eigenvalue weighted by molar-refractivity contribution is 5.72. The zero-order valence-corrected chi connectivity index (χ0v) is 15.9. The molecule has 148 valence electrons. The van der Waals surface area contributed by atoms with Crippen molar-refractivity contribution in [1.29, 1.82) is 0 Å². The maximum atomic E-state index is 13.0. The average molecular weight is 393 g/mol. The highest BCUT2D eigenvalue weighted by Crippen LogP contribution is 2.50. The zero-order chi connectivity index (χ0) is 20.6. The third kappa shape index (κ3) is 3.80. The Morgan fingerprint density at radius 1 is 0.862 bits per heavy atom. The van der Waals surface area contributed by atoms with Crippen molar-refractivity contribution in [1.82, 2.24) is 0 Å². The van der Waals surface area contributed by atoms with Gasteiger partial charge in [-0.3, -0.25) is 0 Å². The molecule has 0 bridgehead atoms. The van der Waals surface area contributed by atoms with Crippen LogP contribution in [0.5, 0.6) is 0 Å². The van der Waals surface area contributed by atoms with E-state index >= 15 is 0 Å². The number of allylic oxidation sites excluding steroid dienone is 1. The molecule has 4 rings (SSSR count). The van der Waals surface area contributed by atoms with Crippen molar-refractivity contribution >= 4 is 11.3 Å². The molecule has 3 aromatic rings. The Kier molecular flexibility index (Phi) is 4.95. The number of hydrogen-bond donors (Lipinski definition) is 1. The molecule has 0 radical (unpaired) electrons. The van der Waals surface area contributed by atoms with E-state index in [0.29, 0.717) is 17.4 Å². The molecule has 0 amide bonds. The molecule has 29 heavy (non-hydrogen) atoms. The molecule has 1 nitrogen and oxygen atoms in total. The second-order valence-electron chi connectivity index (χ2n) is 7.60. The topological polar surface area (TPSA) is 26.0 Å². The fourth-order valence-electron chi connectivity index (χ4n) is 4.10. The number of rotatable bonds is 4. The number of para-hydroxylation sites is 1. The number of anilines is 1. The Balaban J connectivity index is 1.54. The first-order chi connectivity index (χ1) is 13.8. The standard InChI is InChI=1S/C25H22F3N/c1-16(21-13-14-22(21)23-7-2-3-8-24(23)29)17-9-11-18(12-10-17)19-5-4-6-20(15-19)25(26,27)28/h2-12,15,21-22H,1,13-14,29H2. The van der Waals surface area contributed by atoms with Crippen LogP contribution < -0.4 is 5.73 Å². The number of nitrogens with two attached hydrogens (primary N) is 1. The van der Waals surface area contributed by atoms with Gasteiger partial charge in [0.15, 0.2) is 0 Å². The molecular formula is C25H22F3N. The Morgan fingerprint density at radius 3 is 2.21 bits per heavy atom. The van der Waals surface area contributed by atoms with E-state index < -0.39 is 11.7 Å². The van der Waals surface area contributed by atoms with Gasteiger partial charge in [-0.1, -0.05) is 61.2 Å². The van der Waals surface area contributed by atoms with E-state index in [9.17, 15) is 13.2 Å². The third-order valence-corrected chi connectivity index (χ3v) is 5.90. The first-order valence-corrected chi connectivity index (χ1v) is 9.66. The molecule has 1 aliphatic rings. The summed E-state index contributed by atoms with van der Waals surface area (Å²) in [5.41, 5.74) is 10.9. The predicted octanol–water partition coefficient (Wildman–Crippen LogP) is 7.16. The van der Waals surface area contributed by atoms with Crippen molar-refractivity contribution in [3.63, 3.8) is 0 Å². The van der Waals surface area contributed by atoms with Crippen LogP contribution in [0.3, 0.4) is 0 Å². The van der Waals surface area contributed by atoms with E-state index in [0.717, 1.165) is 41.3 Å². The van der Waals surface area contributed by atoms with Gasteiger partial charge in [-0.25, -0.2) is 0 Å². The Bertz CT molecular complexity index is 1030. The molecule has 0 saturated heterocycles. The van der Waals surface area contributed by atoms with E-state index in [1.54, 1.807) is 6.07 Å². The van der Waals surface area contributed by atoms with Crippen LogP contribution in [0.1, 0.15) is 35.4 Å². The Morgan fingerprint density at radius 2 is 1.59 bits per heavy atom. The quantitative estimate of drug-likeness (QED) is 0.468. The molecule has 1 aliphatic carbocycles. The fourth-order valence-corrected chi connectivity index (χ4v) is 4.10. The van der Waals surface area contributed by atoms with Gasteiger partial charge in [-0.15, -0.1) is 0 Å². The number of alkyl halides is 3. The summed E-state index contributed by atoms with van der Waals surface area (Å²) in [6.45, 7) is 4.31. The van der Waals surface area contributed by atoms with Gasteiger partial charge in [0.25, 0.3) is 0 Å². The van der Waals surface area contributed by atoms with Crippen molar-refractivity contribution < 1.29 is 13.2 Å². The lowest BCUT2D eigenvalue weighted by Gasteiger charge is -2.39. The average Bonchev–Trinajstić information content (AvgIpc) is 2.68. The van der Waals surface area contributed by atoms with Gasteiger partial charge >= 0.3 is 6.18 Å². The molecule has 3 aromatic carbocycles. The SMILES string of the molecule is C=C(c1ccc(-c2cccc(C(F)(F)F)c2)cc1)C1CCC1c1ccccc1N. The Hall–Kier alpha value is -3.01. The van der Waals surface area contributed by atoms with Crippen molar-refractivity contribution in [2.75, 3.05) is 5.73 Å². The van der Waals surface area contributed by atoms with Crippen molar-refractivity contribution in [3.8, 4) is 11.1 Å². The summed E-state index contributed by atoms with van der Waals surface area (Å²) < 4.78 is 38.9. The molecule has 1 saturated carbocycles. The number of halogens is 3. The van der Waals surface area contributed by atoms with Crippen LogP contribution in [-0.2, 0) is 6.18 Å². The van der Waals surface area contributed by atoms with Crippen molar-refractivity contribution in [2.45, 2.75) is 24.9 Å². The van der Waals surface area contributed by atoms with Crippen LogP contribution in [-0.4, -0.2) is 0 Å². The lowest BCUT2D eigenvalue weighted by atomic mass is 9.65. The molecule has 0 aromatic heterocycles. The summed E-state index contributed by atoms with van der Waals surface area (Å²) in [5.74, 6) is 0.700. The molecule has 2 unspecified atom stereocenters. The van der Waals surface area contributed by atoms with E-state index in [4.69, 9.17) is 5.73 Å². The van der Waals surface area contributed by atoms with Gasteiger partial charge in [-0.05, 0) is 70.7 Å². The predicted molar refractivity (Wildman–Crippen MR) is 112 cm³/mol. The van der Waals surface area contributed by atoms with Gasteiger partial charge in [0, 0.05) is 5.69 Å². The first-order valence-electron chi connectivity index (χ1n) is 9.66. The van der Waals surface area contributed by atoms with Gasteiger partial charge in [0.1, 0.15) is 0 Å². The fraction of sp³-hybridized carbons (Fsp3) is 0.200. The summed E-state index contributed by atoms with van der Waals surface area (Å²) >= 11 is 0. The molecule has 0 spiro atoms. The van der Waals surface area contributed by atoms with Crippen LogP contribution in [0.15, 0.2) is 79.4 Å². The maximum absolute atomic E-state index is 13.0. The van der Waals surface area contributed by atoms with E-state index in [2.05, 4.69) is 12.6 Å². The second kappa shape index (κ2) is 7.43. The monoisotopic (exact) mass is 393 g/mol. The van der Waals surface area contributed by atoms with Gasteiger partial charge in [0.2, 0.25) is 0 Å². The number of nitrogen functional groups attached to an aromatic ring is 1. The molecule has 0 aliphatic heterocycles. The maximum Gasteiger partial charge on any atom is 0.416 e. The third-order valence-electron chi connectivity index (χ3n) is 5.90. The summed E-state index contributed by atoms with van der Waals surface area (Å²) in [7, 11) is 0. The highest BCUT2D eigenvalue weighted by atomic mass is 19.4. The smallest absolute Gasteiger partial charge is 0.398 e. The first kappa shape index (κ1) is 19.3. The summed E-state index contributed by atoms with van der Waals surface area (Å²) in [6.07, 6.45) is -2.20. The van der Waals surface area contributed by atoms with Crippen LogP contribution in [0.25, 0.3) is 16.7 Å². The van der Waals surface area contributed by atoms with Crippen LogP contribution in [0.2, 0.25) is 0 Å². The van der Waals surface area contributed by atoms with E-state index in [1.165, 1.54) is 17.7 Å². The molecule has 2 N–H and O–H groups in total. The molecular weight excluding hydrogens is 371 g/mol. The minimum atomic E-state index is -4.34. The summed E-state index contributed by atoms with van der Waals surface area (Å²) in [4.78, 5) is 0. The van der Waals surface area contributed by atoms with Crippen molar-refractivity contribution in [3.05, 3.63) is 96.1 Å². The summed E-state index contributed by atoms with van der Waals surface area (Å²) in [6, 6.07) is 21.0. The number of hydrogen-bond acceptors (Lipinski definition) is 1. The largest absolute Gasteiger partial charge is 0.416 e. The lowest BCUT2D eigenvalue weighted by Crippen LogP contribution is -2.25. The zero-order valence-electron chi connectivity index (χ0n) is 15.9. The number of benzene rings is 3. The second-order valence-corrected chi connectivity index (χ2v) is 7.60. The van der Waals surface area contributed by atoms with Gasteiger partial charge in [0.05, 0.1) is 5.56 Å². The minimum absolute atomic E-state index is 0.333. The molecule has 4 heteroatoms. The van der Waals surface area contributed by atoms with Crippen molar-refractivity contribution in [2.24, 2.45) is 5.92 Å². The van der Waals surface area contributed by atoms with Crippen LogP contribution in [0.4, 0.5) is 18.9 Å². The van der Waals surface area contributed by atoms with Gasteiger partial charge in [-0.2, -0.15) is 13.2 Å². The molecule has 0 heterocycles. The minimum Gasteiger partial charge on any atom is -0.398 e. The molecule has 1 fully saturated rings. The van der Waals surface area contributed by atoms with Crippen LogP contribution >= 0.6 is 0 Å². The normalized spacial score (nSPS) is 18.9. The lowest BCUT2D eigenvalue weighted by molar-refractivity contribution is -0.137. The van der Waals surface area contributed by atoms with E-state index in [1.807, 2.05) is 42.5 Å². The van der Waals surface area contributed by atoms with Gasteiger partial charge < -0.3 is 5.73 Å².